The van der Waals surface area contributed by atoms with Crippen LogP contribution in [0.25, 0.3) is 0 Å². The topological polar surface area (TPSA) is 58.6 Å². The van der Waals surface area contributed by atoms with Gasteiger partial charge in [0.2, 0.25) is 5.91 Å². The lowest BCUT2D eigenvalue weighted by molar-refractivity contribution is -0.124. The van der Waals surface area contributed by atoms with Gasteiger partial charge in [0.05, 0.1) is 5.92 Å². The molecule has 7 heteroatoms. The number of nitrogens with zero attached hydrogens (tertiary/aromatic N) is 1. The Bertz CT molecular complexity index is 623. The standard InChI is InChI=1S/C18H24F2N2O3/c1-18(2,3)25-17(24)22-7-5-13(11-22)16(23)21-6-4-12-8-14(19)10-15(20)9-12/h8-10,13H,4-7,11H2,1-3H3,(H,21,23). The summed E-state index contributed by atoms with van der Waals surface area (Å²) in [5.74, 6) is -1.73. The van der Waals surface area contributed by atoms with Gasteiger partial charge in [-0.25, -0.2) is 13.6 Å². The van der Waals surface area contributed by atoms with Crippen LogP contribution in [0.3, 0.4) is 0 Å². The molecule has 0 spiro atoms. The van der Waals surface area contributed by atoms with Crippen molar-refractivity contribution in [1.29, 1.82) is 0 Å². The minimum Gasteiger partial charge on any atom is -0.444 e. The van der Waals surface area contributed by atoms with Gasteiger partial charge in [-0.1, -0.05) is 0 Å². The van der Waals surface area contributed by atoms with Crippen molar-refractivity contribution < 1.29 is 23.1 Å². The monoisotopic (exact) mass is 354 g/mol. The molecule has 25 heavy (non-hydrogen) atoms. The third-order valence-electron chi connectivity index (χ3n) is 3.85. The first kappa shape index (κ1) is 19.1. The number of carbonyl (C=O) groups is 2. The predicted octanol–water partition coefficient (Wildman–Crippen LogP) is 2.88. The summed E-state index contributed by atoms with van der Waals surface area (Å²) in [5, 5.41) is 2.76. The normalized spacial score (nSPS) is 17.5. The lowest BCUT2D eigenvalue weighted by Crippen LogP contribution is -2.38. The Kier molecular flexibility index (Phi) is 5.98. The van der Waals surface area contributed by atoms with Crippen molar-refractivity contribution in [3.8, 4) is 0 Å². The van der Waals surface area contributed by atoms with Crippen LogP contribution in [-0.4, -0.2) is 42.1 Å². The maximum absolute atomic E-state index is 13.1. The highest BCUT2D eigenvalue weighted by atomic mass is 19.1. The SMILES string of the molecule is CC(C)(C)OC(=O)N1CCC(C(=O)NCCc2cc(F)cc(F)c2)C1. The van der Waals surface area contributed by atoms with Crippen LogP contribution in [0, 0.1) is 17.6 Å². The molecule has 1 unspecified atom stereocenters. The number of rotatable bonds is 4. The van der Waals surface area contributed by atoms with Crippen molar-refractivity contribution >= 4 is 12.0 Å². The Balaban J connectivity index is 1.77. The van der Waals surface area contributed by atoms with Crippen LogP contribution < -0.4 is 5.32 Å². The molecule has 0 saturated carbocycles. The van der Waals surface area contributed by atoms with Gasteiger partial charge in [-0.05, 0) is 51.3 Å². The number of hydrogen-bond donors (Lipinski definition) is 1. The number of halogens is 2. The number of ether oxygens (including phenoxy) is 1. The fourth-order valence-corrected chi connectivity index (χ4v) is 2.70. The van der Waals surface area contributed by atoms with Crippen LogP contribution >= 0.6 is 0 Å². The quantitative estimate of drug-likeness (QED) is 0.904. The molecule has 1 heterocycles. The number of hydrogen-bond acceptors (Lipinski definition) is 3. The highest BCUT2D eigenvalue weighted by Crippen LogP contribution is 2.19. The first-order chi connectivity index (χ1) is 11.6. The first-order valence-corrected chi connectivity index (χ1v) is 8.34. The van der Waals surface area contributed by atoms with Crippen molar-refractivity contribution in [3.63, 3.8) is 0 Å². The number of benzene rings is 1. The Labute approximate surface area is 146 Å². The zero-order valence-electron chi connectivity index (χ0n) is 14.8. The largest absolute Gasteiger partial charge is 0.444 e. The van der Waals surface area contributed by atoms with Gasteiger partial charge in [-0.2, -0.15) is 0 Å². The molecule has 1 aromatic carbocycles. The second-order valence-corrected chi connectivity index (χ2v) is 7.23. The van der Waals surface area contributed by atoms with E-state index in [-0.39, 0.29) is 18.4 Å². The molecule has 1 N–H and O–H groups in total. The summed E-state index contributed by atoms with van der Waals surface area (Å²) in [6.45, 7) is 6.45. The maximum Gasteiger partial charge on any atom is 0.410 e. The van der Waals surface area contributed by atoms with Crippen LogP contribution in [0.2, 0.25) is 0 Å². The number of amides is 2. The van der Waals surface area contributed by atoms with Crippen LogP contribution in [0.5, 0.6) is 0 Å². The summed E-state index contributed by atoms with van der Waals surface area (Å²) in [5.41, 5.74) is -0.0860. The van der Waals surface area contributed by atoms with E-state index < -0.39 is 23.3 Å². The minimum atomic E-state index is -0.634. The Hall–Kier alpha value is -2.18. The molecule has 1 aliphatic rings. The van der Waals surface area contributed by atoms with Crippen molar-refractivity contribution in [2.24, 2.45) is 5.92 Å². The molecule has 0 radical (unpaired) electrons. The van der Waals surface area contributed by atoms with Gasteiger partial charge in [0, 0.05) is 25.7 Å². The van der Waals surface area contributed by atoms with Crippen molar-refractivity contribution in [3.05, 3.63) is 35.4 Å². The van der Waals surface area contributed by atoms with Gasteiger partial charge in [0.15, 0.2) is 0 Å². The zero-order valence-corrected chi connectivity index (χ0v) is 14.8. The Morgan fingerprint density at radius 1 is 1.24 bits per heavy atom. The van der Waals surface area contributed by atoms with Crippen molar-refractivity contribution in [2.45, 2.75) is 39.2 Å². The van der Waals surface area contributed by atoms with Gasteiger partial charge in [0.25, 0.3) is 0 Å². The summed E-state index contributed by atoms with van der Waals surface area (Å²) in [7, 11) is 0. The highest BCUT2D eigenvalue weighted by Gasteiger charge is 2.33. The average molecular weight is 354 g/mol. The van der Waals surface area contributed by atoms with Crippen LogP contribution in [0.4, 0.5) is 13.6 Å². The van der Waals surface area contributed by atoms with E-state index in [1.54, 1.807) is 20.8 Å². The summed E-state index contributed by atoms with van der Waals surface area (Å²) < 4.78 is 31.5. The van der Waals surface area contributed by atoms with Crippen LogP contribution in [0.15, 0.2) is 18.2 Å². The van der Waals surface area contributed by atoms with Gasteiger partial charge in [-0.3, -0.25) is 4.79 Å². The molecule has 1 aliphatic heterocycles. The van der Waals surface area contributed by atoms with Crippen LogP contribution in [0.1, 0.15) is 32.8 Å². The summed E-state index contributed by atoms with van der Waals surface area (Å²) >= 11 is 0. The number of nitrogens with one attached hydrogen (secondary N) is 1. The van der Waals surface area contributed by atoms with E-state index in [9.17, 15) is 18.4 Å². The fourth-order valence-electron chi connectivity index (χ4n) is 2.70. The highest BCUT2D eigenvalue weighted by molar-refractivity contribution is 5.80. The third-order valence-corrected chi connectivity index (χ3v) is 3.85. The smallest absolute Gasteiger partial charge is 0.410 e. The molecule has 1 aromatic rings. The molecule has 0 aliphatic carbocycles. The van der Waals surface area contributed by atoms with E-state index in [1.807, 2.05) is 0 Å². The lowest BCUT2D eigenvalue weighted by Gasteiger charge is -2.24. The van der Waals surface area contributed by atoms with E-state index in [0.717, 1.165) is 6.07 Å². The first-order valence-electron chi connectivity index (χ1n) is 8.34. The molecule has 2 rings (SSSR count). The summed E-state index contributed by atoms with van der Waals surface area (Å²) in [4.78, 5) is 25.7. The van der Waals surface area contributed by atoms with Gasteiger partial charge >= 0.3 is 6.09 Å². The molecule has 2 amide bonds. The molecule has 1 saturated heterocycles. The average Bonchev–Trinajstić information content (AvgIpc) is 2.94. The van der Waals surface area contributed by atoms with E-state index in [4.69, 9.17) is 4.74 Å². The Morgan fingerprint density at radius 2 is 1.88 bits per heavy atom. The summed E-state index contributed by atoms with van der Waals surface area (Å²) in [6, 6.07) is 3.30. The molecule has 1 fully saturated rings. The predicted molar refractivity (Wildman–Crippen MR) is 89.0 cm³/mol. The molecule has 5 nitrogen and oxygen atoms in total. The van der Waals surface area contributed by atoms with Crippen LogP contribution in [-0.2, 0) is 16.0 Å². The maximum atomic E-state index is 13.1. The van der Waals surface area contributed by atoms with Gasteiger partial charge in [0.1, 0.15) is 17.2 Å². The molecule has 0 aromatic heterocycles. The molecular formula is C18H24F2N2O3. The fraction of sp³-hybridized carbons (Fsp3) is 0.556. The van der Waals surface area contributed by atoms with E-state index in [0.29, 0.717) is 31.5 Å². The molecule has 138 valence electrons. The van der Waals surface area contributed by atoms with Gasteiger partial charge < -0.3 is 15.0 Å². The molecular weight excluding hydrogens is 330 g/mol. The van der Waals surface area contributed by atoms with E-state index >= 15 is 0 Å². The summed E-state index contributed by atoms with van der Waals surface area (Å²) in [6.07, 6.45) is 0.487. The second-order valence-electron chi connectivity index (χ2n) is 7.23. The number of likely N-dealkylation sites (tertiary alicyclic amines) is 1. The van der Waals surface area contributed by atoms with Crippen molar-refractivity contribution in [2.75, 3.05) is 19.6 Å². The van der Waals surface area contributed by atoms with E-state index in [2.05, 4.69) is 5.32 Å². The second kappa shape index (κ2) is 7.80. The number of carbonyl (C=O) groups excluding carboxylic acids is 2. The molecule has 0 bridgehead atoms. The van der Waals surface area contributed by atoms with Gasteiger partial charge in [-0.15, -0.1) is 0 Å². The lowest BCUT2D eigenvalue weighted by atomic mass is 10.1. The zero-order chi connectivity index (χ0) is 18.6. The Morgan fingerprint density at radius 3 is 2.48 bits per heavy atom. The van der Waals surface area contributed by atoms with E-state index in [1.165, 1.54) is 17.0 Å². The van der Waals surface area contributed by atoms with Crippen molar-refractivity contribution in [1.82, 2.24) is 10.2 Å². The minimum absolute atomic E-state index is 0.164. The molecule has 1 atom stereocenters. The third kappa shape index (κ3) is 5.99.